The minimum absolute atomic E-state index is 0.647. The topological polar surface area (TPSA) is 34.1 Å². The first-order valence-electron chi connectivity index (χ1n) is 7.67. The number of unbranched alkanes of at least 4 members (excludes halogenated alkanes) is 1. The van der Waals surface area contributed by atoms with Crippen molar-refractivity contribution in [3.05, 3.63) is 53.7 Å². The van der Waals surface area contributed by atoms with Gasteiger partial charge in [0.1, 0.15) is 11.6 Å². The first-order chi connectivity index (χ1) is 10.3. The Kier molecular flexibility index (Phi) is 6.07. The van der Waals surface area contributed by atoms with Crippen molar-refractivity contribution < 1.29 is 4.74 Å². The van der Waals surface area contributed by atoms with E-state index in [4.69, 9.17) is 4.74 Å². The Labute approximate surface area is 127 Å². The van der Waals surface area contributed by atoms with E-state index < -0.39 is 0 Å². The maximum absolute atomic E-state index is 5.78. The molecule has 0 amide bonds. The van der Waals surface area contributed by atoms with E-state index in [9.17, 15) is 0 Å². The summed E-state index contributed by atoms with van der Waals surface area (Å²) in [5.74, 6) is 1.83. The Bertz CT molecular complexity index is 537. The van der Waals surface area contributed by atoms with Crippen LogP contribution in [0.4, 0.5) is 5.82 Å². The third-order valence-electron chi connectivity index (χ3n) is 3.43. The van der Waals surface area contributed by atoms with E-state index in [1.807, 2.05) is 25.2 Å². The number of anilines is 1. The number of benzene rings is 1. The highest BCUT2D eigenvalue weighted by molar-refractivity contribution is 5.34. The third-order valence-corrected chi connectivity index (χ3v) is 3.43. The van der Waals surface area contributed by atoms with Crippen LogP contribution in [0.1, 0.15) is 31.0 Å². The maximum atomic E-state index is 5.78. The average molecular weight is 284 g/mol. The molecule has 0 bridgehead atoms. The van der Waals surface area contributed by atoms with Crippen LogP contribution in [-0.4, -0.2) is 18.6 Å². The van der Waals surface area contributed by atoms with E-state index in [1.54, 1.807) is 0 Å². The highest BCUT2D eigenvalue weighted by atomic mass is 16.5. The zero-order chi connectivity index (χ0) is 14.9. The second-order valence-electron chi connectivity index (χ2n) is 5.11. The van der Waals surface area contributed by atoms with E-state index in [-0.39, 0.29) is 0 Å². The molecular weight excluding hydrogens is 260 g/mol. The van der Waals surface area contributed by atoms with E-state index in [2.05, 4.69) is 41.5 Å². The van der Waals surface area contributed by atoms with Gasteiger partial charge >= 0.3 is 0 Å². The predicted molar refractivity (Wildman–Crippen MR) is 88.0 cm³/mol. The van der Waals surface area contributed by atoms with Crippen molar-refractivity contribution in [1.29, 1.82) is 0 Å². The molecule has 1 N–H and O–H groups in total. The highest BCUT2D eigenvalue weighted by Gasteiger charge is 1.99. The van der Waals surface area contributed by atoms with Gasteiger partial charge in [-0.25, -0.2) is 4.98 Å². The van der Waals surface area contributed by atoms with Gasteiger partial charge in [-0.15, -0.1) is 0 Å². The first-order valence-corrected chi connectivity index (χ1v) is 7.67. The van der Waals surface area contributed by atoms with E-state index >= 15 is 0 Å². The zero-order valence-electron chi connectivity index (χ0n) is 12.9. The molecule has 1 aromatic heterocycles. The molecule has 0 aliphatic rings. The van der Waals surface area contributed by atoms with E-state index in [1.165, 1.54) is 18.4 Å². The van der Waals surface area contributed by atoms with Crippen LogP contribution in [0.25, 0.3) is 0 Å². The van der Waals surface area contributed by atoms with Gasteiger partial charge in [-0.2, -0.15) is 0 Å². The monoisotopic (exact) mass is 284 g/mol. The molecule has 3 nitrogen and oxygen atoms in total. The lowest BCUT2D eigenvalue weighted by Gasteiger charge is -2.08. The minimum atomic E-state index is 0.647. The summed E-state index contributed by atoms with van der Waals surface area (Å²) >= 11 is 0. The molecule has 0 aliphatic heterocycles. The Morgan fingerprint density at radius 3 is 2.57 bits per heavy atom. The zero-order valence-corrected chi connectivity index (χ0v) is 12.9. The van der Waals surface area contributed by atoms with Gasteiger partial charge in [0.25, 0.3) is 0 Å². The fourth-order valence-electron chi connectivity index (χ4n) is 2.16. The van der Waals surface area contributed by atoms with Crippen molar-refractivity contribution >= 4 is 5.82 Å². The van der Waals surface area contributed by atoms with Gasteiger partial charge in [-0.3, -0.25) is 0 Å². The van der Waals surface area contributed by atoms with Crippen molar-refractivity contribution in [2.45, 2.75) is 32.6 Å². The van der Waals surface area contributed by atoms with Gasteiger partial charge < -0.3 is 10.1 Å². The summed E-state index contributed by atoms with van der Waals surface area (Å²) in [4.78, 5) is 4.48. The SMILES string of the molecule is CCCCc1ccc(OCCc2cccc(NC)n2)cc1. The van der Waals surface area contributed by atoms with Gasteiger partial charge in [0.05, 0.1) is 6.61 Å². The van der Waals surface area contributed by atoms with Crippen LogP contribution in [0.5, 0.6) is 5.75 Å². The summed E-state index contributed by atoms with van der Waals surface area (Å²) in [6.45, 7) is 2.86. The number of hydrogen-bond donors (Lipinski definition) is 1. The standard InChI is InChI=1S/C18H24N2O/c1-3-4-6-15-9-11-17(12-10-15)21-14-13-16-7-5-8-18(19-2)20-16/h5,7-12H,3-4,6,13-14H2,1-2H3,(H,19,20). The fraction of sp³-hybridized carbons (Fsp3) is 0.389. The molecular formula is C18H24N2O. The van der Waals surface area contributed by atoms with Gasteiger partial charge in [0.15, 0.2) is 0 Å². The Morgan fingerprint density at radius 2 is 1.86 bits per heavy atom. The molecule has 1 heterocycles. The molecule has 0 unspecified atom stereocenters. The third kappa shape index (κ3) is 5.10. The van der Waals surface area contributed by atoms with E-state index in [0.717, 1.165) is 30.1 Å². The van der Waals surface area contributed by atoms with Crippen LogP contribution >= 0.6 is 0 Å². The second kappa shape index (κ2) is 8.30. The van der Waals surface area contributed by atoms with Gasteiger partial charge in [0.2, 0.25) is 0 Å². The summed E-state index contributed by atoms with van der Waals surface area (Å²) in [7, 11) is 1.88. The largest absolute Gasteiger partial charge is 0.493 e. The molecule has 0 atom stereocenters. The number of pyridine rings is 1. The van der Waals surface area contributed by atoms with Crippen LogP contribution in [0.2, 0.25) is 0 Å². The molecule has 0 spiro atoms. The number of nitrogens with zero attached hydrogens (tertiary/aromatic N) is 1. The van der Waals surface area contributed by atoms with Crippen LogP contribution in [-0.2, 0) is 12.8 Å². The van der Waals surface area contributed by atoms with Crippen LogP contribution < -0.4 is 10.1 Å². The summed E-state index contributed by atoms with van der Waals surface area (Å²) in [5.41, 5.74) is 2.43. The lowest BCUT2D eigenvalue weighted by atomic mass is 10.1. The molecule has 0 saturated heterocycles. The molecule has 0 aliphatic carbocycles. The van der Waals surface area contributed by atoms with Crippen LogP contribution in [0.15, 0.2) is 42.5 Å². The molecule has 112 valence electrons. The van der Waals surface area contributed by atoms with Crippen LogP contribution in [0, 0.1) is 0 Å². The van der Waals surface area contributed by atoms with Crippen molar-refractivity contribution in [1.82, 2.24) is 4.98 Å². The summed E-state index contributed by atoms with van der Waals surface area (Å²) in [6.07, 6.45) is 4.44. The number of rotatable bonds is 8. The molecule has 0 saturated carbocycles. The van der Waals surface area contributed by atoms with Crippen molar-refractivity contribution in [2.24, 2.45) is 0 Å². The normalized spacial score (nSPS) is 10.4. The number of aryl methyl sites for hydroxylation is 1. The van der Waals surface area contributed by atoms with Crippen molar-refractivity contribution in [3.8, 4) is 5.75 Å². The lowest BCUT2D eigenvalue weighted by Crippen LogP contribution is -2.04. The van der Waals surface area contributed by atoms with Gasteiger partial charge in [-0.05, 0) is 42.7 Å². The molecule has 3 heteroatoms. The molecule has 2 aromatic rings. The Balaban J connectivity index is 1.80. The number of hydrogen-bond acceptors (Lipinski definition) is 3. The van der Waals surface area contributed by atoms with E-state index in [0.29, 0.717) is 6.61 Å². The molecule has 2 rings (SSSR count). The Hall–Kier alpha value is -2.03. The van der Waals surface area contributed by atoms with Gasteiger partial charge in [0, 0.05) is 19.2 Å². The predicted octanol–water partition coefficient (Wildman–Crippen LogP) is 4.09. The molecule has 1 aromatic carbocycles. The summed E-state index contributed by atoms with van der Waals surface area (Å²) in [5, 5.41) is 3.05. The fourth-order valence-corrected chi connectivity index (χ4v) is 2.16. The van der Waals surface area contributed by atoms with Gasteiger partial charge in [-0.1, -0.05) is 31.5 Å². The number of nitrogens with one attached hydrogen (secondary N) is 1. The number of ether oxygens (including phenoxy) is 1. The average Bonchev–Trinajstić information content (AvgIpc) is 2.54. The highest BCUT2D eigenvalue weighted by Crippen LogP contribution is 2.14. The molecule has 0 fully saturated rings. The maximum Gasteiger partial charge on any atom is 0.125 e. The summed E-state index contributed by atoms with van der Waals surface area (Å²) in [6, 6.07) is 14.4. The molecule has 21 heavy (non-hydrogen) atoms. The summed E-state index contributed by atoms with van der Waals surface area (Å²) < 4.78 is 5.78. The Morgan fingerprint density at radius 1 is 1.05 bits per heavy atom. The minimum Gasteiger partial charge on any atom is -0.493 e. The van der Waals surface area contributed by atoms with Crippen molar-refractivity contribution in [3.63, 3.8) is 0 Å². The first kappa shape index (κ1) is 15.4. The van der Waals surface area contributed by atoms with Crippen molar-refractivity contribution in [2.75, 3.05) is 19.0 Å². The second-order valence-corrected chi connectivity index (χ2v) is 5.11. The quantitative estimate of drug-likeness (QED) is 0.793. The molecule has 0 radical (unpaired) electrons. The smallest absolute Gasteiger partial charge is 0.125 e. The van der Waals surface area contributed by atoms with Crippen LogP contribution in [0.3, 0.4) is 0 Å². The lowest BCUT2D eigenvalue weighted by molar-refractivity contribution is 0.320. The number of aromatic nitrogens is 1.